The second-order valence-corrected chi connectivity index (χ2v) is 4.62. The monoisotopic (exact) mass is 246 g/mol. The van der Waals surface area contributed by atoms with Gasteiger partial charge in [0.2, 0.25) is 0 Å². The second kappa shape index (κ2) is 5.31. The molecule has 0 saturated carbocycles. The molecule has 1 aromatic rings. The molecule has 0 aliphatic carbocycles. The number of benzene rings is 1. The number of carbonyl (C=O) groups excluding carboxylic acids is 2. The van der Waals surface area contributed by atoms with E-state index < -0.39 is 0 Å². The van der Waals surface area contributed by atoms with Crippen molar-refractivity contribution < 1.29 is 9.59 Å². The number of imide groups is 1. The van der Waals surface area contributed by atoms with Crippen LogP contribution in [-0.4, -0.2) is 35.8 Å². The minimum Gasteiger partial charge on any atom is -0.312 e. The molecule has 1 aromatic carbocycles. The second-order valence-electron chi connectivity index (χ2n) is 4.62. The Kier molecular flexibility index (Phi) is 3.77. The van der Waals surface area contributed by atoms with Gasteiger partial charge >= 0.3 is 0 Å². The topological polar surface area (TPSA) is 49.4 Å². The molecular formula is C14H18N2O2. The molecule has 2 rings (SSSR count). The predicted octanol–water partition coefficient (Wildman–Crippen LogP) is 1.67. The van der Waals surface area contributed by atoms with Crippen molar-refractivity contribution in [2.75, 3.05) is 13.1 Å². The molecule has 0 fully saturated rings. The summed E-state index contributed by atoms with van der Waals surface area (Å²) in [6.07, 6.45) is 1.03. The number of nitrogens with one attached hydrogen (secondary N) is 1. The van der Waals surface area contributed by atoms with E-state index in [1.807, 2.05) is 6.92 Å². The fourth-order valence-corrected chi connectivity index (χ4v) is 2.13. The zero-order chi connectivity index (χ0) is 13.1. The highest BCUT2D eigenvalue weighted by atomic mass is 16.2. The van der Waals surface area contributed by atoms with Crippen molar-refractivity contribution in [1.82, 2.24) is 10.2 Å². The zero-order valence-electron chi connectivity index (χ0n) is 10.8. The largest absolute Gasteiger partial charge is 0.312 e. The highest BCUT2D eigenvalue weighted by molar-refractivity contribution is 6.21. The number of nitrogens with zero attached hydrogens (tertiary/aromatic N) is 1. The first-order valence-corrected chi connectivity index (χ1v) is 6.33. The molecule has 1 aliphatic rings. The fourth-order valence-electron chi connectivity index (χ4n) is 2.13. The molecule has 96 valence electrons. The summed E-state index contributed by atoms with van der Waals surface area (Å²) in [6, 6.07) is 7.10. The van der Waals surface area contributed by atoms with E-state index in [0.29, 0.717) is 17.7 Å². The zero-order valence-corrected chi connectivity index (χ0v) is 10.8. The van der Waals surface area contributed by atoms with Crippen LogP contribution in [0.1, 0.15) is 41.0 Å². The van der Waals surface area contributed by atoms with Crippen LogP contribution in [0.4, 0.5) is 0 Å². The molecule has 1 aliphatic heterocycles. The SMILES string of the molecule is CCCNC(C)CN1C(=O)c2ccccc2C1=O. The van der Waals surface area contributed by atoms with Crippen LogP contribution >= 0.6 is 0 Å². The third-order valence-electron chi connectivity index (χ3n) is 3.08. The van der Waals surface area contributed by atoms with E-state index in [-0.39, 0.29) is 17.9 Å². The van der Waals surface area contributed by atoms with Crippen molar-refractivity contribution in [1.29, 1.82) is 0 Å². The summed E-state index contributed by atoms with van der Waals surface area (Å²) in [5.74, 6) is -0.360. The van der Waals surface area contributed by atoms with Crippen LogP contribution < -0.4 is 5.32 Å². The number of hydrogen-bond acceptors (Lipinski definition) is 3. The van der Waals surface area contributed by atoms with Crippen LogP contribution in [0.3, 0.4) is 0 Å². The van der Waals surface area contributed by atoms with Gasteiger partial charge in [0.05, 0.1) is 11.1 Å². The minimum atomic E-state index is -0.180. The smallest absolute Gasteiger partial charge is 0.261 e. The Labute approximate surface area is 107 Å². The van der Waals surface area contributed by atoms with Gasteiger partial charge in [-0.2, -0.15) is 0 Å². The highest BCUT2D eigenvalue weighted by Gasteiger charge is 2.35. The molecule has 18 heavy (non-hydrogen) atoms. The van der Waals surface area contributed by atoms with Gasteiger partial charge in [-0.3, -0.25) is 14.5 Å². The van der Waals surface area contributed by atoms with Crippen molar-refractivity contribution in [3.63, 3.8) is 0 Å². The van der Waals surface area contributed by atoms with Gasteiger partial charge in [0.25, 0.3) is 11.8 Å². The van der Waals surface area contributed by atoms with Crippen LogP contribution in [0.5, 0.6) is 0 Å². The molecule has 4 nitrogen and oxygen atoms in total. The van der Waals surface area contributed by atoms with E-state index in [4.69, 9.17) is 0 Å². The van der Waals surface area contributed by atoms with Crippen LogP contribution in [0.15, 0.2) is 24.3 Å². The molecule has 0 spiro atoms. The maximum absolute atomic E-state index is 12.1. The van der Waals surface area contributed by atoms with E-state index in [2.05, 4.69) is 12.2 Å². The number of hydrogen-bond donors (Lipinski definition) is 1. The Morgan fingerprint density at radius 3 is 2.22 bits per heavy atom. The van der Waals surface area contributed by atoms with Gasteiger partial charge in [0.1, 0.15) is 0 Å². The van der Waals surface area contributed by atoms with Gasteiger partial charge in [-0.05, 0) is 32.0 Å². The molecule has 1 unspecified atom stereocenters. The van der Waals surface area contributed by atoms with Crippen LogP contribution in [0.2, 0.25) is 0 Å². The summed E-state index contributed by atoms with van der Waals surface area (Å²) in [7, 11) is 0. The standard InChI is InChI=1S/C14H18N2O2/c1-3-8-15-10(2)9-16-13(17)11-6-4-5-7-12(11)14(16)18/h4-7,10,15H,3,8-9H2,1-2H3. The maximum Gasteiger partial charge on any atom is 0.261 e. The van der Waals surface area contributed by atoms with Crippen molar-refractivity contribution in [2.24, 2.45) is 0 Å². The third kappa shape index (κ3) is 2.29. The van der Waals surface area contributed by atoms with Gasteiger partial charge in [-0.1, -0.05) is 19.1 Å². The Balaban J connectivity index is 2.09. The third-order valence-corrected chi connectivity index (χ3v) is 3.08. The molecular weight excluding hydrogens is 228 g/mol. The first kappa shape index (κ1) is 12.8. The van der Waals surface area contributed by atoms with Crippen LogP contribution in [-0.2, 0) is 0 Å². The molecule has 0 radical (unpaired) electrons. The number of fused-ring (bicyclic) bond motifs is 1. The van der Waals surface area contributed by atoms with Crippen molar-refractivity contribution in [2.45, 2.75) is 26.3 Å². The van der Waals surface area contributed by atoms with Gasteiger partial charge in [0.15, 0.2) is 0 Å². The quantitative estimate of drug-likeness (QED) is 0.804. The fraction of sp³-hybridized carbons (Fsp3) is 0.429. The summed E-state index contributed by atoms with van der Waals surface area (Å²) < 4.78 is 0. The van der Waals surface area contributed by atoms with Gasteiger partial charge in [-0.25, -0.2) is 0 Å². The number of amides is 2. The van der Waals surface area contributed by atoms with Crippen LogP contribution in [0, 0.1) is 0 Å². The van der Waals surface area contributed by atoms with Gasteiger partial charge in [-0.15, -0.1) is 0 Å². The van der Waals surface area contributed by atoms with E-state index in [0.717, 1.165) is 13.0 Å². The van der Waals surface area contributed by atoms with E-state index in [1.165, 1.54) is 4.90 Å². The first-order chi connectivity index (χ1) is 8.65. The molecule has 2 amide bonds. The molecule has 1 heterocycles. The highest BCUT2D eigenvalue weighted by Crippen LogP contribution is 2.22. The summed E-state index contributed by atoms with van der Waals surface area (Å²) in [5, 5.41) is 3.28. The van der Waals surface area contributed by atoms with E-state index >= 15 is 0 Å². The normalized spacial score (nSPS) is 16.0. The lowest BCUT2D eigenvalue weighted by molar-refractivity contribution is 0.0641. The Morgan fingerprint density at radius 1 is 1.17 bits per heavy atom. The molecule has 0 bridgehead atoms. The predicted molar refractivity (Wildman–Crippen MR) is 69.6 cm³/mol. The number of rotatable bonds is 5. The Hall–Kier alpha value is -1.68. The maximum atomic E-state index is 12.1. The summed E-state index contributed by atoms with van der Waals surface area (Å²) in [4.78, 5) is 25.5. The van der Waals surface area contributed by atoms with Gasteiger partial charge in [0, 0.05) is 12.6 Å². The lowest BCUT2D eigenvalue weighted by atomic mass is 10.1. The number of carbonyl (C=O) groups is 2. The summed E-state index contributed by atoms with van der Waals surface area (Å²) in [6.45, 7) is 5.39. The lowest BCUT2D eigenvalue weighted by Crippen LogP contribution is -2.42. The first-order valence-electron chi connectivity index (χ1n) is 6.33. The average molecular weight is 246 g/mol. The van der Waals surface area contributed by atoms with E-state index in [9.17, 15) is 9.59 Å². The van der Waals surface area contributed by atoms with Crippen molar-refractivity contribution >= 4 is 11.8 Å². The summed E-state index contributed by atoms with van der Waals surface area (Å²) >= 11 is 0. The van der Waals surface area contributed by atoms with Crippen LogP contribution in [0.25, 0.3) is 0 Å². The van der Waals surface area contributed by atoms with Gasteiger partial charge < -0.3 is 5.32 Å². The van der Waals surface area contributed by atoms with E-state index in [1.54, 1.807) is 24.3 Å². The molecule has 4 heteroatoms. The van der Waals surface area contributed by atoms with Crippen molar-refractivity contribution in [3.05, 3.63) is 35.4 Å². The lowest BCUT2D eigenvalue weighted by Gasteiger charge is -2.20. The molecule has 0 saturated heterocycles. The molecule has 1 atom stereocenters. The minimum absolute atomic E-state index is 0.118. The molecule has 0 aromatic heterocycles. The molecule has 1 N–H and O–H groups in total. The average Bonchev–Trinajstić information content (AvgIpc) is 2.62. The van der Waals surface area contributed by atoms with Crippen molar-refractivity contribution in [3.8, 4) is 0 Å². The Morgan fingerprint density at radius 2 is 1.72 bits per heavy atom. The Bertz CT molecular complexity index is 436. The summed E-state index contributed by atoms with van der Waals surface area (Å²) in [5.41, 5.74) is 1.04.